The van der Waals surface area contributed by atoms with Gasteiger partial charge in [0.1, 0.15) is 17.7 Å². The van der Waals surface area contributed by atoms with Crippen LogP contribution in [-0.2, 0) is 14.3 Å². The number of nitrogens with one attached hydrogen (secondary N) is 2. The van der Waals surface area contributed by atoms with Gasteiger partial charge < -0.3 is 20.3 Å². The zero-order chi connectivity index (χ0) is 26.3. The molecule has 0 saturated carbocycles. The summed E-state index contributed by atoms with van der Waals surface area (Å²) >= 11 is 4.24. The third kappa shape index (κ3) is 7.27. The van der Waals surface area contributed by atoms with Gasteiger partial charge in [-0.05, 0) is 57.4 Å². The number of nitrogens with zero attached hydrogens (tertiary/aromatic N) is 1. The van der Waals surface area contributed by atoms with Crippen LogP contribution in [0, 0.1) is 26.2 Å². The van der Waals surface area contributed by atoms with Crippen molar-refractivity contribution in [3.63, 3.8) is 0 Å². The van der Waals surface area contributed by atoms with Gasteiger partial charge in [-0.1, -0.05) is 42.3 Å². The van der Waals surface area contributed by atoms with Crippen LogP contribution in [-0.4, -0.2) is 47.3 Å². The molecule has 0 aliphatic rings. The highest BCUT2D eigenvalue weighted by Gasteiger charge is 2.35. The summed E-state index contributed by atoms with van der Waals surface area (Å²) in [6.45, 7) is 8.95. The lowest BCUT2D eigenvalue weighted by atomic mass is 9.97. The Labute approximate surface area is 213 Å². The molecule has 2 aromatic rings. The molecule has 7 nitrogen and oxygen atoms in total. The summed E-state index contributed by atoms with van der Waals surface area (Å²) in [6, 6.07) is 10.5. The zero-order valence-corrected chi connectivity index (χ0v) is 21.9. The molecule has 0 heterocycles. The van der Waals surface area contributed by atoms with Crippen LogP contribution in [0.15, 0.2) is 42.5 Å². The van der Waals surface area contributed by atoms with Crippen molar-refractivity contribution >= 4 is 36.2 Å². The molecule has 2 atom stereocenters. The van der Waals surface area contributed by atoms with Crippen LogP contribution in [0.4, 0.5) is 10.5 Å². The van der Waals surface area contributed by atoms with Crippen LogP contribution in [0.5, 0.6) is 0 Å². The van der Waals surface area contributed by atoms with Gasteiger partial charge in [0.25, 0.3) is 5.91 Å². The number of likely N-dealkylation sites (N-methyl/N-ethyl adjacent to an activating group) is 1. The summed E-state index contributed by atoms with van der Waals surface area (Å²) < 4.78 is 5.27. The van der Waals surface area contributed by atoms with Gasteiger partial charge >= 0.3 is 6.09 Å². The smallest absolute Gasteiger partial charge is 0.408 e. The van der Waals surface area contributed by atoms with Crippen LogP contribution >= 0.6 is 12.6 Å². The minimum Gasteiger partial charge on any atom is -0.444 e. The summed E-state index contributed by atoms with van der Waals surface area (Å²) in [5.41, 5.74) is 2.67. The number of hydrogen-bond acceptors (Lipinski definition) is 5. The highest BCUT2D eigenvalue weighted by Crippen LogP contribution is 2.28. The first-order valence-electron chi connectivity index (χ1n) is 11.2. The number of terminal acetylenes is 1. The van der Waals surface area contributed by atoms with Gasteiger partial charge in [-0.15, -0.1) is 6.42 Å². The van der Waals surface area contributed by atoms with Gasteiger partial charge in [-0.25, -0.2) is 4.79 Å². The number of carbonyl (C=O) groups is 3. The largest absolute Gasteiger partial charge is 0.444 e. The van der Waals surface area contributed by atoms with Gasteiger partial charge in [0.05, 0.1) is 0 Å². The minimum atomic E-state index is -1.06. The maximum Gasteiger partial charge on any atom is 0.408 e. The third-order valence-corrected chi connectivity index (χ3v) is 5.66. The molecule has 2 unspecified atom stereocenters. The molecule has 8 heteroatoms. The summed E-state index contributed by atoms with van der Waals surface area (Å²) in [5, 5.41) is 5.51. The summed E-state index contributed by atoms with van der Waals surface area (Å²) in [5.74, 6) is 1.65. The summed E-state index contributed by atoms with van der Waals surface area (Å²) in [7, 11) is 1.50. The Bertz CT molecular complexity index is 1110. The number of para-hydroxylation sites is 1. The van der Waals surface area contributed by atoms with Crippen LogP contribution < -0.4 is 10.6 Å². The molecule has 2 aromatic carbocycles. The molecule has 0 aliphatic carbocycles. The number of hydrogen-bond donors (Lipinski definition) is 3. The zero-order valence-electron chi connectivity index (χ0n) is 21.0. The molecule has 2 N–H and O–H groups in total. The van der Waals surface area contributed by atoms with Crippen LogP contribution in [0.2, 0.25) is 0 Å². The maximum atomic E-state index is 13.6. The summed E-state index contributed by atoms with van der Waals surface area (Å²) in [4.78, 5) is 40.7. The van der Waals surface area contributed by atoms with Crippen molar-refractivity contribution < 1.29 is 19.1 Å². The van der Waals surface area contributed by atoms with E-state index in [1.54, 1.807) is 45.0 Å². The molecular weight excluding hydrogens is 462 g/mol. The molecule has 0 radical (unpaired) electrons. The second-order valence-electron chi connectivity index (χ2n) is 9.22. The molecule has 0 fully saturated rings. The molecule has 0 spiro atoms. The van der Waals surface area contributed by atoms with E-state index in [0.717, 1.165) is 11.1 Å². The van der Waals surface area contributed by atoms with E-state index in [4.69, 9.17) is 11.2 Å². The van der Waals surface area contributed by atoms with E-state index in [2.05, 4.69) is 29.2 Å². The van der Waals surface area contributed by atoms with Crippen molar-refractivity contribution in [1.29, 1.82) is 0 Å². The Hall–Kier alpha value is -3.44. The number of ether oxygens (including phenoxy) is 1. The van der Waals surface area contributed by atoms with E-state index in [1.165, 1.54) is 11.9 Å². The highest BCUT2D eigenvalue weighted by atomic mass is 32.1. The lowest BCUT2D eigenvalue weighted by Crippen LogP contribution is -2.52. The van der Waals surface area contributed by atoms with Crippen molar-refractivity contribution in [3.8, 4) is 12.3 Å². The molecule has 3 amide bonds. The van der Waals surface area contributed by atoms with Crippen molar-refractivity contribution in [2.24, 2.45) is 0 Å². The first-order chi connectivity index (χ1) is 16.4. The lowest BCUT2D eigenvalue weighted by Gasteiger charge is -2.32. The second-order valence-corrected chi connectivity index (χ2v) is 9.59. The molecule has 2 rings (SSSR count). The van der Waals surface area contributed by atoms with Gasteiger partial charge in [0.15, 0.2) is 0 Å². The van der Waals surface area contributed by atoms with Crippen molar-refractivity contribution in [1.82, 2.24) is 10.2 Å². The SMILES string of the molecule is C#Cc1ccccc1C(C(=O)Nc1c(C)cccc1C)N(C)C(=O)C(CS)NC(=O)OC(C)(C)C. The second kappa shape index (κ2) is 11.8. The Balaban J connectivity index is 2.44. The molecule has 0 aliphatic heterocycles. The normalized spacial score (nSPS) is 12.6. The molecule has 35 heavy (non-hydrogen) atoms. The van der Waals surface area contributed by atoms with Gasteiger partial charge in [0, 0.05) is 24.1 Å². The topological polar surface area (TPSA) is 87.7 Å². The van der Waals surface area contributed by atoms with Crippen LogP contribution in [0.25, 0.3) is 0 Å². The Morgan fingerprint density at radius 1 is 1.09 bits per heavy atom. The van der Waals surface area contributed by atoms with Crippen molar-refractivity contribution in [2.45, 2.75) is 52.3 Å². The van der Waals surface area contributed by atoms with E-state index in [0.29, 0.717) is 16.8 Å². The predicted molar refractivity (Wildman–Crippen MR) is 141 cm³/mol. The van der Waals surface area contributed by atoms with Crippen molar-refractivity contribution in [3.05, 3.63) is 64.7 Å². The average molecular weight is 496 g/mol. The quantitative estimate of drug-likeness (QED) is 0.396. The molecule has 186 valence electrons. The summed E-state index contributed by atoms with van der Waals surface area (Å²) in [6.07, 6.45) is 4.95. The van der Waals surface area contributed by atoms with Gasteiger partial charge in [-0.3, -0.25) is 9.59 Å². The Morgan fingerprint density at radius 2 is 1.69 bits per heavy atom. The van der Waals surface area contributed by atoms with Gasteiger partial charge in [0.2, 0.25) is 5.91 Å². The number of carbonyl (C=O) groups excluding carboxylic acids is 3. The Morgan fingerprint density at radius 3 is 2.23 bits per heavy atom. The number of benzene rings is 2. The molecule has 0 aromatic heterocycles. The maximum absolute atomic E-state index is 13.6. The highest BCUT2D eigenvalue weighted by molar-refractivity contribution is 7.80. The van der Waals surface area contributed by atoms with Crippen molar-refractivity contribution in [2.75, 3.05) is 18.1 Å². The van der Waals surface area contributed by atoms with E-state index in [9.17, 15) is 14.4 Å². The first kappa shape index (κ1) is 27.8. The number of rotatable bonds is 7. The monoisotopic (exact) mass is 495 g/mol. The van der Waals surface area contributed by atoms with E-state index in [1.807, 2.05) is 32.0 Å². The standard InChI is InChI=1S/C27H33N3O4S/c1-8-19-14-9-10-15-20(19)23(24(31)29-22-17(2)12-11-13-18(22)3)30(7)25(32)21(16-35)28-26(33)34-27(4,5)6/h1,9-15,21,23,35H,16H2,2-7H3,(H,28,33)(H,29,31). The Kier molecular flexibility index (Phi) is 9.38. The molecule has 0 saturated heterocycles. The fourth-order valence-electron chi connectivity index (χ4n) is 3.60. The van der Waals surface area contributed by atoms with E-state index in [-0.39, 0.29) is 5.75 Å². The molecule has 0 bridgehead atoms. The minimum absolute atomic E-state index is 0.00441. The fourth-order valence-corrected chi connectivity index (χ4v) is 3.85. The number of aryl methyl sites for hydroxylation is 2. The number of anilines is 1. The fraction of sp³-hybridized carbons (Fsp3) is 0.370. The van der Waals surface area contributed by atoms with E-state index >= 15 is 0 Å². The molecular formula is C27H33N3O4S. The first-order valence-corrected chi connectivity index (χ1v) is 11.8. The van der Waals surface area contributed by atoms with Gasteiger partial charge in [-0.2, -0.15) is 12.6 Å². The predicted octanol–water partition coefficient (Wildman–Crippen LogP) is 4.25. The number of thiol groups is 1. The van der Waals surface area contributed by atoms with E-state index < -0.39 is 35.6 Å². The number of alkyl carbamates (subject to hydrolysis) is 1. The van der Waals surface area contributed by atoms with Crippen LogP contribution in [0.3, 0.4) is 0 Å². The number of amides is 3. The third-order valence-electron chi connectivity index (χ3n) is 5.30. The van der Waals surface area contributed by atoms with Crippen LogP contribution in [0.1, 0.15) is 49.1 Å². The lowest BCUT2D eigenvalue weighted by molar-refractivity contribution is -0.138. The average Bonchev–Trinajstić information content (AvgIpc) is 2.78.